The number of hydrogen-bond acceptors (Lipinski definition) is 4. The molecular weight excluding hydrogens is 266 g/mol. The van der Waals surface area contributed by atoms with Crippen molar-refractivity contribution < 1.29 is 9.53 Å². The minimum absolute atomic E-state index is 0.0710. The Bertz CT molecular complexity index is 528. The Morgan fingerprint density at radius 3 is 3.00 bits per heavy atom. The fourth-order valence-electron chi connectivity index (χ4n) is 2.75. The second-order valence-corrected chi connectivity index (χ2v) is 5.90. The van der Waals surface area contributed by atoms with Gasteiger partial charge in [-0.2, -0.15) is 0 Å². The van der Waals surface area contributed by atoms with Gasteiger partial charge in [0.25, 0.3) is 0 Å². The first-order chi connectivity index (χ1) is 10.2. The molecule has 1 unspecified atom stereocenters. The molecule has 0 bridgehead atoms. The van der Waals surface area contributed by atoms with E-state index < -0.39 is 0 Å². The van der Waals surface area contributed by atoms with Gasteiger partial charge >= 0.3 is 0 Å². The van der Waals surface area contributed by atoms with Crippen LogP contribution in [0.15, 0.2) is 18.2 Å². The predicted molar refractivity (Wildman–Crippen MR) is 82.2 cm³/mol. The van der Waals surface area contributed by atoms with Crippen molar-refractivity contribution >= 4 is 11.6 Å². The van der Waals surface area contributed by atoms with Gasteiger partial charge in [-0.1, -0.05) is 12.1 Å². The molecule has 5 nitrogen and oxygen atoms in total. The van der Waals surface area contributed by atoms with Crippen LogP contribution in [0.1, 0.15) is 24.0 Å². The second kappa shape index (κ2) is 6.03. The van der Waals surface area contributed by atoms with Crippen molar-refractivity contribution in [2.45, 2.75) is 38.4 Å². The molecule has 2 fully saturated rings. The van der Waals surface area contributed by atoms with Gasteiger partial charge in [0.05, 0.1) is 13.2 Å². The number of morpholine rings is 1. The highest BCUT2D eigenvalue weighted by molar-refractivity contribution is 5.86. The van der Waals surface area contributed by atoms with Gasteiger partial charge in [-0.15, -0.1) is 0 Å². The maximum atomic E-state index is 12.5. The van der Waals surface area contributed by atoms with E-state index in [1.807, 2.05) is 0 Å². The number of benzene rings is 1. The Kier molecular flexibility index (Phi) is 4.12. The number of nitrogens with one attached hydrogen (secondary N) is 1. The van der Waals surface area contributed by atoms with Gasteiger partial charge in [0.15, 0.2) is 0 Å². The zero-order valence-electron chi connectivity index (χ0n) is 12.5. The first kappa shape index (κ1) is 14.4. The van der Waals surface area contributed by atoms with Crippen molar-refractivity contribution in [3.63, 3.8) is 0 Å². The summed E-state index contributed by atoms with van der Waals surface area (Å²) in [4.78, 5) is 14.6. The number of anilines is 1. The molecule has 1 aromatic carbocycles. The highest BCUT2D eigenvalue weighted by Crippen LogP contribution is 2.27. The summed E-state index contributed by atoms with van der Waals surface area (Å²) in [6.45, 7) is 4.34. The fraction of sp³-hybridized carbons (Fsp3) is 0.562. The zero-order valence-corrected chi connectivity index (χ0v) is 12.5. The number of ether oxygens (including phenoxy) is 1. The number of aryl methyl sites for hydroxylation is 1. The molecule has 0 spiro atoms. The minimum atomic E-state index is -0.258. The number of nitrogens with zero attached hydrogens (tertiary/aromatic N) is 1. The van der Waals surface area contributed by atoms with E-state index in [4.69, 9.17) is 10.5 Å². The average molecular weight is 289 g/mol. The maximum Gasteiger partial charge on any atom is 0.245 e. The Balaban J connectivity index is 1.86. The highest BCUT2D eigenvalue weighted by Gasteiger charge is 2.34. The van der Waals surface area contributed by atoms with Crippen LogP contribution in [0, 0.1) is 6.92 Å². The predicted octanol–water partition coefficient (Wildman–Crippen LogP) is 0.938. The van der Waals surface area contributed by atoms with Crippen molar-refractivity contribution in [3.05, 3.63) is 29.3 Å². The van der Waals surface area contributed by atoms with E-state index in [0.29, 0.717) is 25.8 Å². The lowest BCUT2D eigenvalue weighted by Gasteiger charge is -2.37. The molecule has 0 aromatic heterocycles. The van der Waals surface area contributed by atoms with Crippen LogP contribution < -0.4 is 16.0 Å². The van der Waals surface area contributed by atoms with E-state index in [1.54, 1.807) is 0 Å². The first-order valence-corrected chi connectivity index (χ1v) is 7.63. The summed E-state index contributed by atoms with van der Waals surface area (Å²) < 4.78 is 5.53. The Morgan fingerprint density at radius 1 is 1.48 bits per heavy atom. The molecule has 1 heterocycles. The molecule has 1 atom stereocenters. The van der Waals surface area contributed by atoms with Gasteiger partial charge in [0.1, 0.15) is 6.04 Å². The van der Waals surface area contributed by atoms with Gasteiger partial charge in [-0.25, -0.2) is 0 Å². The molecule has 1 saturated heterocycles. The third-order valence-electron chi connectivity index (χ3n) is 4.12. The summed E-state index contributed by atoms with van der Waals surface area (Å²) in [5.41, 5.74) is 9.18. The summed E-state index contributed by atoms with van der Waals surface area (Å²) in [6, 6.07) is 6.34. The molecule has 5 heteroatoms. The molecule has 3 rings (SSSR count). The molecule has 21 heavy (non-hydrogen) atoms. The lowest BCUT2D eigenvalue weighted by molar-refractivity contribution is -0.124. The third-order valence-corrected chi connectivity index (χ3v) is 4.12. The van der Waals surface area contributed by atoms with Crippen LogP contribution in [0.4, 0.5) is 5.69 Å². The van der Waals surface area contributed by atoms with Gasteiger partial charge in [0.2, 0.25) is 5.91 Å². The third kappa shape index (κ3) is 3.19. The summed E-state index contributed by atoms with van der Waals surface area (Å²) in [6.07, 6.45) is 2.19. The molecule has 0 radical (unpaired) electrons. The maximum absolute atomic E-state index is 12.5. The largest absolute Gasteiger partial charge is 0.377 e. The first-order valence-electron chi connectivity index (χ1n) is 7.63. The van der Waals surface area contributed by atoms with Crippen molar-refractivity contribution in [3.8, 4) is 0 Å². The molecule has 1 aliphatic carbocycles. The average Bonchev–Trinajstić information content (AvgIpc) is 3.31. The quantitative estimate of drug-likeness (QED) is 0.865. The summed E-state index contributed by atoms with van der Waals surface area (Å²) >= 11 is 0. The number of rotatable bonds is 4. The van der Waals surface area contributed by atoms with Crippen LogP contribution in [-0.2, 0) is 16.1 Å². The van der Waals surface area contributed by atoms with E-state index in [9.17, 15) is 4.79 Å². The van der Waals surface area contributed by atoms with Gasteiger partial charge in [-0.3, -0.25) is 4.79 Å². The molecule has 3 N–H and O–H groups in total. The molecular formula is C16H23N3O2. The topological polar surface area (TPSA) is 67.6 Å². The van der Waals surface area contributed by atoms with E-state index in [2.05, 4.69) is 35.3 Å². The van der Waals surface area contributed by atoms with Crippen LogP contribution in [0.3, 0.4) is 0 Å². The van der Waals surface area contributed by atoms with Gasteiger partial charge in [-0.05, 0) is 37.0 Å². The molecule has 1 saturated carbocycles. The van der Waals surface area contributed by atoms with Crippen molar-refractivity contribution in [1.29, 1.82) is 0 Å². The number of carbonyl (C=O) groups is 1. The second-order valence-electron chi connectivity index (χ2n) is 5.90. The number of amides is 1. The molecule has 2 aliphatic rings. The SMILES string of the molecule is Cc1ccc(CN)c(N2CCOCC2C(=O)NC2CC2)c1. The normalized spacial score (nSPS) is 22.2. The molecule has 114 valence electrons. The van der Waals surface area contributed by atoms with Crippen LogP contribution >= 0.6 is 0 Å². The smallest absolute Gasteiger partial charge is 0.245 e. The highest BCUT2D eigenvalue weighted by atomic mass is 16.5. The van der Waals surface area contributed by atoms with E-state index in [-0.39, 0.29) is 11.9 Å². The molecule has 1 aliphatic heterocycles. The van der Waals surface area contributed by atoms with E-state index in [0.717, 1.165) is 30.6 Å². The molecule has 1 amide bonds. The summed E-state index contributed by atoms with van der Waals surface area (Å²) in [7, 11) is 0. The summed E-state index contributed by atoms with van der Waals surface area (Å²) in [5.74, 6) is 0.0710. The Morgan fingerprint density at radius 2 is 2.29 bits per heavy atom. The van der Waals surface area contributed by atoms with Crippen LogP contribution in [0.2, 0.25) is 0 Å². The van der Waals surface area contributed by atoms with Crippen LogP contribution in [0.25, 0.3) is 0 Å². The standard InChI is InChI=1S/C16H23N3O2/c1-11-2-3-12(9-17)14(8-11)19-6-7-21-10-15(19)16(20)18-13-4-5-13/h2-3,8,13,15H,4-7,9-10,17H2,1H3,(H,18,20). The minimum Gasteiger partial charge on any atom is -0.377 e. The molecule has 1 aromatic rings. The van der Waals surface area contributed by atoms with Crippen LogP contribution in [0.5, 0.6) is 0 Å². The monoisotopic (exact) mass is 289 g/mol. The van der Waals surface area contributed by atoms with E-state index in [1.165, 1.54) is 5.56 Å². The van der Waals surface area contributed by atoms with E-state index >= 15 is 0 Å². The number of hydrogen-bond donors (Lipinski definition) is 2. The summed E-state index contributed by atoms with van der Waals surface area (Å²) in [5, 5.41) is 3.08. The van der Waals surface area contributed by atoms with Gasteiger partial charge < -0.3 is 20.7 Å². The lowest BCUT2D eigenvalue weighted by atomic mass is 10.1. The fourth-order valence-corrected chi connectivity index (χ4v) is 2.75. The Labute approximate surface area is 125 Å². The lowest BCUT2D eigenvalue weighted by Crippen LogP contribution is -2.54. The van der Waals surface area contributed by atoms with Gasteiger partial charge in [0, 0.05) is 24.8 Å². The number of nitrogens with two attached hydrogens (primary N) is 1. The van der Waals surface area contributed by atoms with Crippen molar-refractivity contribution in [2.75, 3.05) is 24.7 Å². The zero-order chi connectivity index (χ0) is 14.8. The van der Waals surface area contributed by atoms with Crippen LogP contribution in [-0.4, -0.2) is 37.7 Å². The number of carbonyl (C=O) groups excluding carboxylic acids is 1. The van der Waals surface area contributed by atoms with Crippen molar-refractivity contribution in [1.82, 2.24) is 5.32 Å². The Hall–Kier alpha value is -1.59. The van der Waals surface area contributed by atoms with Crippen molar-refractivity contribution in [2.24, 2.45) is 5.73 Å².